The molecule has 190 valence electrons. The molecule has 0 bridgehead atoms. The lowest BCUT2D eigenvalue weighted by atomic mass is 9.93. The Morgan fingerprint density at radius 3 is 2.08 bits per heavy atom. The fraction of sp³-hybridized carbons (Fsp3) is 0.192. The van der Waals surface area contributed by atoms with E-state index in [2.05, 4.69) is 9.88 Å². The van der Waals surface area contributed by atoms with Gasteiger partial charge in [-0.05, 0) is 59.2 Å². The molecule has 1 unspecified atom stereocenters. The molecule has 1 fully saturated rings. The predicted octanol–water partition coefficient (Wildman–Crippen LogP) is 6.46. The third-order valence-corrected chi connectivity index (χ3v) is 7.55. The summed E-state index contributed by atoms with van der Waals surface area (Å²) < 4.78 is 25.9. The molecule has 1 aliphatic rings. The van der Waals surface area contributed by atoms with Crippen LogP contribution in [0.25, 0.3) is 10.9 Å². The second-order valence-electron chi connectivity index (χ2n) is 8.44. The van der Waals surface area contributed by atoms with Crippen LogP contribution in [0.3, 0.4) is 0 Å². The normalized spacial score (nSPS) is 14.8. The van der Waals surface area contributed by atoms with E-state index in [1.807, 2.05) is 78.9 Å². The maximum absolute atomic E-state index is 12.2. The van der Waals surface area contributed by atoms with Crippen molar-refractivity contribution in [2.24, 2.45) is 0 Å². The van der Waals surface area contributed by atoms with Crippen molar-refractivity contribution in [3.63, 3.8) is 0 Å². The minimum Gasteiger partial charge on any atom is -0.760 e. The summed E-state index contributed by atoms with van der Waals surface area (Å²) in [4.78, 5) is 6.62. The molecule has 5 rings (SSSR count). The van der Waals surface area contributed by atoms with E-state index in [4.69, 9.17) is 23.2 Å². The summed E-state index contributed by atoms with van der Waals surface area (Å²) in [6.45, 7) is 1.57. The third-order valence-electron chi connectivity index (χ3n) is 6.23. The van der Waals surface area contributed by atoms with Crippen LogP contribution in [0, 0.1) is 0 Å². The van der Waals surface area contributed by atoms with Crippen molar-refractivity contribution in [1.82, 2.24) is 14.2 Å². The fourth-order valence-corrected chi connectivity index (χ4v) is 5.38. The molecule has 1 aromatic heterocycles. The molecule has 5 nitrogen and oxygen atoms in total. The molecule has 0 radical (unpaired) electrons. The van der Waals surface area contributed by atoms with E-state index in [0.717, 1.165) is 27.6 Å². The number of fused-ring (bicyclic) bond motifs is 1. The summed E-state index contributed by atoms with van der Waals surface area (Å²) >= 11 is 9.89. The van der Waals surface area contributed by atoms with Gasteiger partial charge in [-0.25, -0.2) is 4.31 Å². The van der Waals surface area contributed by atoms with E-state index in [1.54, 1.807) is 6.20 Å². The summed E-state index contributed by atoms with van der Waals surface area (Å²) in [6.07, 6.45) is 1.75. The van der Waals surface area contributed by atoms with Crippen molar-refractivity contribution in [3.8, 4) is 0 Å². The molecule has 0 amide bonds. The van der Waals surface area contributed by atoms with Crippen LogP contribution in [-0.2, 0) is 17.8 Å². The summed E-state index contributed by atoms with van der Waals surface area (Å²) in [5, 5.41) is 2.36. The average Bonchev–Trinajstić information content (AvgIpc) is 2.81. The van der Waals surface area contributed by atoms with E-state index < -0.39 is 11.3 Å². The topological polar surface area (TPSA) is 59.5 Å². The molecule has 1 atom stereocenters. The number of hydrogen-bond donors (Lipinski definition) is 0. The summed E-state index contributed by atoms with van der Waals surface area (Å²) in [7, 11) is 0. The van der Waals surface area contributed by atoms with Crippen molar-refractivity contribution in [3.05, 3.63) is 112 Å². The van der Waals surface area contributed by atoms with Crippen LogP contribution in [0.2, 0.25) is 10.0 Å². The Bertz CT molecular complexity index is 1270. The van der Waals surface area contributed by atoms with Gasteiger partial charge in [0, 0.05) is 58.6 Å². The molecule has 3 aromatic carbocycles. The van der Waals surface area contributed by atoms with Crippen LogP contribution in [0.4, 0.5) is 0 Å². The van der Waals surface area contributed by atoms with Gasteiger partial charge in [-0.15, -0.1) is 24.8 Å². The largest absolute Gasteiger partial charge is 0.760 e. The monoisotopic (exact) mass is 582 g/mol. The molecule has 0 N–H and O–H groups in total. The lowest BCUT2D eigenvalue weighted by molar-refractivity contribution is 0.0494. The molecule has 2 heterocycles. The quantitative estimate of drug-likeness (QED) is 0.234. The first kappa shape index (κ1) is 28.8. The first-order valence-electron chi connectivity index (χ1n) is 10.9. The van der Waals surface area contributed by atoms with Gasteiger partial charge in [0.15, 0.2) is 0 Å². The summed E-state index contributed by atoms with van der Waals surface area (Å²) in [5.41, 5.74) is 4.03. The maximum Gasteiger partial charge on any atom is 0.0702 e. The van der Waals surface area contributed by atoms with E-state index in [9.17, 15) is 8.76 Å². The highest BCUT2D eigenvalue weighted by Gasteiger charge is 2.37. The molecular formula is C26H24Cl4N3O2S-. The Kier molecular flexibility index (Phi) is 10.1. The van der Waals surface area contributed by atoms with Gasteiger partial charge >= 0.3 is 0 Å². The molecule has 0 spiro atoms. The zero-order valence-corrected chi connectivity index (χ0v) is 23.0. The lowest BCUT2D eigenvalue weighted by Crippen LogP contribution is -2.60. The molecule has 1 aliphatic heterocycles. The van der Waals surface area contributed by atoms with Crippen molar-refractivity contribution in [2.45, 2.75) is 18.6 Å². The van der Waals surface area contributed by atoms with Gasteiger partial charge in [-0.3, -0.25) is 14.1 Å². The van der Waals surface area contributed by atoms with E-state index in [-0.39, 0.29) is 36.9 Å². The van der Waals surface area contributed by atoms with Gasteiger partial charge in [0.2, 0.25) is 0 Å². The average molecular weight is 584 g/mol. The summed E-state index contributed by atoms with van der Waals surface area (Å²) in [6, 6.07) is 25.2. The van der Waals surface area contributed by atoms with Crippen LogP contribution < -0.4 is 0 Å². The zero-order chi connectivity index (χ0) is 23.7. The standard InChI is InChI=1S/C26H23Cl2N3O2S.2ClH/c27-22-8-4-19(5-9-22)26(20-6-10-23(28)11-7-20)30-16-24(17-30)31(34(32)33)15-18-3-12-25-21(14-18)2-1-13-29-25;;/h1-14,24,26H,15-17H2,(H,32,33);2*1H/p-1. The van der Waals surface area contributed by atoms with Gasteiger partial charge in [-0.2, -0.15) is 0 Å². The number of hydrogen-bond acceptors (Lipinski definition) is 4. The number of rotatable bonds is 7. The molecule has 1 saturated heterocycles. The van der Waals surface area contributed by atoms with Crippen LogP contribution in [0.5, 0.6) is 0 Å². The van der Waals surface area contributed by atoms with Crippen LogP contribution in [-0.4, -0.2) is 42.1 Å². The Labute approximate surface area is 235 Å². The maximum atomic E-state index is 12.2. The van der Waals surface area contributed by atoms with Crippen LogP contribution >= 0.6 is 48.0 Å². The molecule has 10 heteroatoms. The Morgan fingerprint density at radius 2 is 1.53 bits per heavy atom. The van der Waals surface area contributed by atoms with Gasteiger partial charge < -0.3 is 4.55 Å². The third kappa shape index (κ3) is 6.39. The van der Waals surface area contributed by atoms with Crippen molar-refractivity contribution < 1.29 is 8.76 Å². The van der Waals surface area contributed by atoms with Crippen LogP contribution in [0.15, 0.2) is 85.1 Å². The number of halogens is 4. The first-order valence-corrected chi connectivity index (χ1v) is 12.7. The first-order chi connectivity index (χ1) is 16.5. The van der Waals surface area contributed by atoms with Gasteiger partial charge in [0.25, 0.3) is 0 Å². The molecule has 0 aliphatic carbocycles. The van der Waals surface area contributed by atoms with Gasteiger partial charge in [0.1, 0.15) is 0 Å². The van der Waals surface area contributed by atoms with Crippen molar-refractivity contribution in [2.75, 3.05) is 13.1 Å². The minimum absolute atomic E-state index is 0. The predicted molar refractivity (Wildman–Crippen MR) is 151 cm³/mol. The SMILES string of the molecule is Cl.Cl.O=S([O-])N(Cc1ccc2ncccc2c1)C1CN(C(c2ccc(Cl)cc2)c2ccc(Cl)cc2)C1. The Hall–Kier alpha value is -1.74. The Morgan fingerprint density at radius 1 is 0.944 bits per heavy atom. The number of nitrogens with zero attached hydrogens (tertiary/aromatic N) is 3. The van der Waals surface area contributed by atoms with Crippen molar-refractivity contribution in [1.29, 1.82) is 0 Å². The van der Waals surface area contributed by atoms with Gasteiger partial charge in [0.05, 0.1) is 11.6 Å². The highest BCUT2D eigenvalue weighted by molar-refractivity contribution is 7.76. The van der Waals surface area contributed by atoms with Crippen LogP contribution in [0.1, 0.15) is 22.7 Å². The molecule has 36 heavy (non-hydrogen) atoms. The molecular weight excluding hydrogens is 560 g/mol. The van der Waals surface area contributed by atoms with Crippen molar-refractivity contribution >= 4 is 70.2 Å². The highest BCUT2D eigenvalue weighted by Crippen LogP contribution is 2.35. The second-order valence-corrected chi connectivity index (χ2v) is 10.2. The molecule has 0 saturated carbocycles. The molecule has 4 aromatic rings. The minimum atomic E-state index is -2.33. The number of aromatic nitrogens is 1. The lowest BCUT2D eigenvalue weighted by Gasteiger charge is -2.49. The summed E-state index contributed by atoms with van der Waals surface area (Å²) in [5.74, 6) is 0. The second kappa shape index (κ2) is 12.7. The number of benzene rings is 3. The zero-order valence-electron chi connectivity index (χ0n) is 19.0. The number of pyridine rings is 1. The van der Waals surface area contributed by atoms with E-state index in [1.165, 1.54) is 4.31 Å². The number of likely N-dealkylation sites (tertiary alicyclic amines) is 1. The van der Waals surface area contributed by atoms with Gasteiger partial charge in [-0.1, -0.05) is 59.6 Å². The fourth-order valence-electron chi connectivity index (χ4n) is 4.49. The highest BCUT2D eigenvalue weighted by atomic mass is 35.5. The van der Waals surface area contributed by atoms with E-state index in [0.29, 0.717) is 29.7 Å². The smallest absolute Gasteiger partial charge is 0.0702 e. The van der Waals surface area contributed by atoms with E-state index >= 15 is 0 Å². The Balaban J connectivity index is 0.00000180.